The van der Waals surface area contributed by atoms with Crippen LogP contribution in [-0.2, 0) is 6.18 Å². The zero-order valence-corrected chi connectivity index (χ0v) is 6.89. The predicted molar refractivity (Wildman–Crippen MR) is 40.6 cm³/mol. The summed E-state index contributed by atoms with van der Waals surface area (Å²) in [7, 11) is 0. The van der Waals surface area contributed by atoms with Crippen LogP contribution in [0.1, 0.15) is 19.4 Å². The Kier molecular flexibility index (Phi) is 4.33. The molecular weight excluding hydrogens is 167 g/mol. The number of alkyl halides is 3. The maximum atomic E-state index is 11.7. The van der Waals surface area contributed by atoms with Crippen molar-refractivity contribution in [1.82, 2.24) is 4.98 Å². The number of rotatable bonds is 0. The number of halogens is 3. The molecule has 0 radical (unpaired) electrons. The van der Waals surface area contributed by atoms with Gasteiger partial charge in [-0.2, -0.15) is 13.2 Å². The predicted octanol–water partition coefficient (Wildman–Crippen LogP) is 3.13. The summed E-state index contributed by atoms with van der Waals surface area (Å²) in [6, 6.07) is 2.23. The molecule has 1 aromatic heterocycles. The molecule has 1 heterocycles. The Morgan fingerprint density at radius 2 is 1.83 bits per heavy atom. The fourth-order valence-electron chi connectivity index (χ4n) is 0.530. The van der Waals surface area contributed by atoms with Crippen LogP contribution in [0, 0.1) is 0 Å². The summed E-state index contributed by atoms with van der Waals surface area (Å²) >= 11 is 0. The van der Waals surface area contributed by atoms with Crippen LogP contribution in [0.4, 0.5) is 13.2 Å². The molecule has 0 bridgehead atoms. The van der Waals surface area contributed by atoms with Gasteiger partial charge >= 0.3 is 6.18 Å². The lowest BCUT2D eigenvalue weighted by atomic mass is 10.3. The third-order valence-corrected chi connectivity index (χ3v) is 0.989. The van der Waals surface area contributed by atoms with E-state index in [9.17, 15) is 13.2 Å². The van der Waals surface area contributed by atoms with Crippen molar-refractivity contribution < 1.29 is 13.2 Å². The molecule has 0 atom stereocenters. The van der Waals surface area contributed by atoms with Crippen molar-refractivity contribution in [2.75, 3.05) is 0 Å². The fourth-order valence-corrected chi connectivity index (χ4v) is 0.530. The van der Waals surface area contributed by atoms with E-state index in [0.29, 0.717) is 0 Å². The molecule has 0 N–H and O–H groups in total. The van der Waals surface area contributed by atoms with Gasteiger partial charge in [-0.25, -0.2) is 0 Å². The Morgan fingerprint density at radius 1 is 1.25 bits per heavy atom. The second kappa shape index (κ2) is 4.74. The third-order valence-electron chi connectivity index (χ3n) is 0.989. The van der Waals surface area contributed by atoms with Gasteiger partial charge in [-0.3, -0.25) is 4.98 Å². The summed E-state index contributed by atoms with van der Waals surface area (Å²) in [6.07, 6.45) is -2.18. The largest absolute Gasteiger partial charge is 0.417 e. The number of hydrogen-bond acceptors (Lipinski definition) is 1. The third kappa shape index (κ3) is 3.37. The van der Waals surface area contributed by atoms with E-state index in [1.54, 1.807) is 0 Å². The van der Waals surface area contributed by atoms with Gasteiger partial charge in [0.15, 0.2) is 0 Å². The van der Waals surface area contributed by atoms with Gasteiger partial charge in [0.2, 0.25) is 0 Å². The van der Waals surface area contributed by atoms with Gasteiger partial charge in [-0.15, -0.1) is 0 Å². The van der Waals surface area contributed by atoms with Crippen LogP contribution >= 0.6 is 0 Å². The minimum Gasteiger partial charge on any atom is -0.264 e. The topological polar surface area (TPSA) is 12.9 Å². The van der Waals surface area contributed by atoms with Crippen LogP contribution < -0.4 is 0 Å². The van der Waals surface area contributed by atoms with E-state index in [1.165, 1.54) is 12.3 Å². The lowest BCUT2D eigenvalue weighted by Gasteiger charge is -2.03. The van der Waals surface area contributed by atoms with E-state index in [2.05, 4.69) is 4.98 Å². The zero-order chi connectivity index (χ0) is 9.61. The molecule has 68 valence electrons. The molecular formula is C8H10F3N. The second-order valence-corrected chi connectivity index (χ2v) is 1.74. The van der Waals surface area contributed by atoms with Crippen molar-refractivity contribution in [1.29, 1.82) is 0 Å². The van der Waals surface area contributed by atoms with E-state index >= 15 is 0 Å². The highest BCUT2D eigenvalue weighted by Crippen LogP contribution is 2.27. The normalized spacial score (nSPS) is 10.1. The molecule has 0 aliphatic heterocycles. The van der Waals surface area contributed by atoms with Crippen LogP contribution in [0.3, 0.4) is 0 Å². The van der Waals surface area contributed by atoms with E-state index in [4.69, 9.17) is 0 Å². The van der Waals surface area contributed by atoms with Gasteiger partial charge in [0.1, 0.15) is 0 Å². The maximum absolute atomic E-state index is 11.7. The molecule has 1 aromatic rings. The molecule has 4 heteroatoms. The van der Waals surface area contributed by atoms with Gasteiger partial charge in [0.05, 0.1) is 5.56 Å². The molecule has 0 amide bonds. The Morgan fingerprint density at radius 3 is 2.08 bits per heavy atom. The van der Waals surface area contributed by atoms with Crippen molar-refractivity contribution >= 4 is 0 Å². The van der Waals surface area contributed by atoms with E-state index in [0.717, 1.165) is 12.3 Å². The first-order chi connectivity index (χ1) is 5.61. The van der Waals surface area contributed by atoms with E-state index in [-0.39, 0.29) is 0 Å². The highest BCUT2D eigenvalue weighted by atomic mass is 19.4. The Balaban J connectivity index is 0.000000561. The molecule has 0 saturated carbocycles. The molecule has 1 nitrogen and oxygen atoms in total. The molecule has 0 saturated heterocycles. The van der Waals surface area contributed by atoms with E-state index < -0.39 is 11.7 Å². The molecule has 0 aromatic carbocycles. The lowest BCUT2D eigenvalue weighted by molar-refractivity contribution is -0.137. The fraction of sp³-hybridized carbons (Fsp3) is 0.375. The molecule has 0 aliphatic carbocycles. The van der Waals surface area contributed by atoms with Crippen LogP contribution in [0.5, 0.6) is 0 Å². The van der Waals surface area contributed by atoms with Crippen molar-refractivity contribution in [3.8, 4) is 0 Å². The lowest BCUT2D eigenvalue weighted by Crippen LogP contribution is -2.04. The van der Waals surface area contributed by atoms with Crippen molar-refractivity contribution in [2.45, 2.75) is 20.0 Å². The Hall–Kier alpha value is -1.06. The first kappa shape index (κ1) is 10.9. The van der Waals surface area contributed by atoms with Gasteiger partial charge in [0.25, 0.3) is 0 Å². The highest BCUT2D eigenvalue weighted by molar-refractivity contribution is 5.11. The summed E-state index contributed by atoms with van der Waals surface area (Å²) < 4.78 is 35.2. The summed E-state index contributed by atoms with van der Waals surface area (Å²) in [5.41, 5.74) is -0.713. The summed E-state index contributed by atoms with van der Waals surface area (Å²) in [5, 5.41) is 0. The van der Waals surface area contributed by atoms with Crippen LogP contribution in [-0.4, -0.2) is 4.98 Å². The van der Waals surface area contributed by atoms with E-state index in [1.807, 2.05) is 13.8 Å². The van der Waals surface area contributed by atoms with Crippen molar-refractivity contribution in [3.63, 3.8) is 0 Å². The molecule has 0 spiro atoms. The summed E-state index contributed by atoms with van der Waals surface area (Å²) in [4.78, 5) is 3.33. The van der Waals surface area contributed by atoms with Gasteiger partial charge in [-0.1, -0.05) is 13.8 Å². The van der Waals surface area contributed by atoms with Gasteiger partial charge < -0.3 is 0 Å². The summed E-state index contributed by atoms with van der Waals surface area (Å²) in [5.74, 6) is 0. The molecule has 1 rings (SSSR count). The number of hydrogen-bond donors (Lipinski definition) is 0. The summed E-state index contributed by atoms with van der Waals surface area (Å²) in [6.45, 7) is 4.00. The number of pyridine rings is 1. The Bertz CT molecular complexity index is 205. The molecule has 12 heavy (non-hydrogen) atoms. The molecule has 0 aliphatic rings. The SMILES string of the molecule is CC.FC(F)(F)c1cccnc1. The quantitative estimate of drug-likeness (QED) is 0.593. The first-order valence-electron chi connectivity index (χ1n) is 3.58. The maximum Gasteiger partial charge on any atom is 0.417 e. The molecule has 0 unspecified atom stereocenters. The van der Waals surface area contributed by atoms with Crippen LogP contribution in [0.2, 0.25) is 0 Å². The second-order valence-electron chi connectivity index (χ2n) is 1.74. The van der Waals surface area contributed by atoms with Gasteiger partial charge in [0, 0.05) is 12.4 Å². The average molecular weight is 177 g/mol. The first-order valence-corrected chi connectivity index (χ1v) is 3.58. The van der Waals surface area contributed by atoms with Crippen LogP contribution in [0.15, 0.2) is 24.5 Å². The minimum atomic E-state index is -4.27. The number of aromatic nitrogens is 1. The average Bonchev–Trinajstić information content (AvgIpc) is 2.08. The number of nitrogens with zero attached hydrogens (tertiary/aromatic N) is 1. The Labute approximate surface area is 69.2 Å². The smallest absolute Gasteiger partial charge is 0.264 e. The highest BCUT2D eigenvalue weighted by Gasteiger charge is 2.30. The minimum absolute atomic E-state index is 0.713. The monoisotopic (exact) mass is 177 g/mol. The standard InChI is InChI=1S/C6H4F3N.C2H6/c7-6(8,9)5-2-1-3-10-4-5;1-2/h1-4H;1-2H3. The molecule has 0 fully saturated rings. The zero-order valence-electron chi connectivity index (χ0n) is 6.89. The van der Waals surface area contributed by atoms with Crippen molar-refractivity contribution in [3.05, 3.63) is 30.1 Å². The van der Waals surface area contributed by atoms with Crippen molar-refractivity contribution in [2.24, 2.45) is 0 Å². The van der Waals surface area contributed by atoms with Gasteiger partial charge in [-0.05, 0) is 12.1 Å². The van der Waals surface area contributed by atoms with Crippen LogP contribution in [0.25, 0.3) is 0 Å².